The average Bonchev–Trinajstić information content (AvgIpc) is 2.47. The Labute approximate surface area is 121 Å². The van der Waals surface area contributed by atoms with E-state index in [0.717, 1.165) is 0 Å². The number of pyridine rings is 1. The number of aromatic amines is 1. The summed E-state index contributed by atoms with van der Waals surface area (Å²) >= 11 is 0. The predicted molar refractivity (Wildman–Crippen MR) is 77.9 cm³/mol. The standard InChI is InChI=1S/C16H14N2O3/c1-3-21-16(20)13-10(2)18-15(19)12(9-17)14(13)11-7-5-4-6-8-11/h4-8H,3H2,1-2H3,(H,18,19). The van der Waals surface area contributed by atoms with Gasteiger partial charge in [-0.05, 0) is 19.4 Å². The number of aryl methyl sites for hydroxylation is 1. The summed E-state index contributed by atoms with van der Waals surface area (Å²) in [4.78, 5) is 26.7. The Bertz CT molecular complexity index is 771. The summed E-state index contributed by atoms with van der Waals surface area (Å²) in [6.07, 6.45) is 0. The summed E-state index contributed by atoms with van der Waals surface area (Å²) in [5, 5.41) is 9.27. The fraction of sp³-hybridized carbons (Fsp3) is 0.188. The molecule has 0 aliphatic heterocycles. The molecule has 0 radical (unpaired) electrons. The van der Waals surface area contributed by atoms with Crippen molar-refractivity contribution in [3.63, 3.8) is 0 Å². The smallest absolute Gasteiger partial charge is 0.340 e. The lowest BCUT2D eigenvalue weighted by molar-refractivity contribution is 0.0526. The van der Waals surface area contributed by atoms with Gasteiger partial charge >= 0.3 is 5.97 Å². The Balaban J connectivity index is 2.85. The van der Waals surface area contributed by atoms with Gasteiger partial charge < -0.3 is 9.72 Å². The van der Waals surface area contributed by atoms with Crippen molar-refractivity contribution in [3.05, 3.63) is 57.5 Å². The quantitative estimate of drug-likeness (QED) is 0.876. The number of H-pyrrole nitrogens is 1. The Morgan fingerprint density at radius 1 is 1.33 bits per heavy atom. The highest BCUT2D eigenvalue weighted by atomic mass is 16.5. The molecule has 106 valence electrons. The monoisotopic (exact) mass is 282 g/mol. The van der Waals surface area contributed by atoms with Crippen molar-refractivity contribution >= 4 is 5.97 Å². The van der Waals surface area contributed by atoms with Crippen LogP contribution < -0.4 is 5.56 Å². The highest BCUT2D eigenvalue weighted by molar-refractivity contribution is 5.99. The van der Waals surface area contributed by atoms with E-state index in [0.29, 0.717) is 16.8 Å². The zero-order valence-electron chi connectivity index (χ0n) is 11.8. The van der Waals surface area contributed by atoms with Crippen molar-refractivity contribution in [2.75, 3.05) is 6.61 Å². The number of benzene rings is 1. The summed E-state index contributed by atoms with van der Waals surface area (Å²) < 4.78 is 5.04. The molecule has 0 aliphatic rings. The number of ether oxygens (including phenoxy) is 1. The minimum Gasteiger partial charge on any atom is -0.462 e. The molecule has 21 heavy (non-hydrogen) atoms. The molecule has 0 spiro atoms. The number of hydrogen-bond donors (Lipinski definition) is 1. The number of rotatable bonds is 3. The first kappa shape index (κ1) is 14.5. The molecule has 1 N–H and O–H groups in total. The van der Waals surface area contributed by atoms with Crippen LogP contribution in [0.5, 0.6) is 0 Å². The molecule has 1 aromatic carbocycles. The van der Waals surface area contributed by atoms with Crippen molar-refractivity contribution in [2.45, 2.75) is 13.8 Å². The summed E-state index contributed by atoms with van der Waals surface area (Å²) in [6, 6.07) is 10.7. The van der Waals surface area contributed by atoms with Gasteiger partial charge in [0.25, 0.3) is 5.56 Å². The average molecular weight is 282 g/mol. The molecule has 0 amide bonds. The summed E-state index contributed by atoms with van der Waals surface area (Å²) in [6.45, 7) is 3.53. The van der Waals surface area contributed by atoms with Crippen molar-refractivity contribution in [1.29, 1.82) is 5.26 Å². The van der Waals surface area contributed by atoms with Gasteiger partial charge in [-0.3, -0.25) is 4.79 Å². The van der Waals surface area contributed by atoms with E-state index in [1.165, 1.54) is 0 Å². The largest absolute Gasteiger partial charge is 0.462 e. The van der Waals surface area contributed by atoms with E-state index in [1.807, 2.05) is 12.1 Å². The Morgan fingerprint density at radius 3 is 2.57 bits per heavy atom. The number of carbonyl (C=O) groups excluding carboxylic acids is 1. The van der Waals surface area contributed by atoms with Crippen LogP contribution >= 0.6 is 0 Å². The third kappa shape index (κ3) is 2.70. The number of carbonyl (C=O) groups is 1. The lowest BCUT2D eigenvalue weighted by Gasteiger charge is -2.13. The minimum atomic E-state index is -0.554. The number of nitrogens with one attached hydrogen (secondary N) is 1. The topological polar surface area (TPSA) is 83.0 Å². The maximum atomic E-state index is 12.2. The van der Waals surface area contributed by atoms with Crippen LogP contribution in [-0.2, 0) is 4.74 Å². The van der Waals surface area contributed by atoms with Crippen LogP contribution in [0.15, 0.2) is 35.1 Å². The number of nitrogens with zero attached hydrogens (tertiary/aromatic N) is 1. The predicted octanol–water partition coefficient (Wildman–Crippen LogP) is 2.40. The zero-order valence-corrected chi connectivity index (χ0v) is 11.8. The minimum absolute atomic E-state index is 0.0881. The maximum absolute atomic E-state index is 12.2. The van der Waals surface area contributed by atoms with E-state index in [4.69, 9.17) is 4.74 Å². The molecule has 0 fully saturated rings. The van der Waals surface area contributed by atoms with Gasteiger partial charge in [0.05, 0.1) is 12.2 Å². The number of hydrogen-bond acceptors (Lipinski definition) is 4. The lowest BCUT2D eigenvalue weighted by Crippen LogP contribution is -2.20. The second-order valence-corrected chi connectivity index (χ2v) is 4.40. The van der Waals surface area contributed by atoms with Crippen molar-refractivity contribution in [2.24, 2.45) is 0 Å². The van der Waals surface area contributed by atoms with Gasteiger partial charge in [0, 0.05) is 11.3 Å². The van der Waals surface area contributed by atoms with Gasteiger partial charge in [-0.25, -0.2) is 4.79 Å². The molecule has 0 unspecified atom stereocenters. The molecule has 0 bridgehead atoms. The van der Waals surface area contributed by atoms with Crippen LogP contribution in [0.2, 0.25) is 0 Å². The van der Waals surface area contributed by atoms with Crippen LogP contribution in [0, 0.1) is 18.3 Å². The number of nitriles is 1. The molecule has 5 heteroatoms. The molecule has 1 aromatic heterocycles. The van der Waals surface area contributed by atoms with Crippen LogP contribution in [0.3, 0.4) is 0 Å². The van der Waals surface area contributed by atoms with E-state index >= 15 is 0 Å². The van der Waals surface area contributed by atoms with Gasteiger partial charge in [-0.15, -0.1) is 0 Å². The Morgan fingerprint density at radius 2 is 2.00 bits per heavy atom. The molecular weight excluding hydrogens is 268 g/mol. The summed E-state index contributed by atoms with van der Waals surface area (Å²) in [5.74, 6) is -0.554. The summed E-state index contributed by atoms with van der Waals surface area (Å²) in [5.41, 5.74) is 0.955. The van der Waals surface area contributed by atoms with Crippen LogP contribution in [0.1, 0.15) is 28.5 Å². The lowest BCUT2D eigenvalue weighted by atomic mass is 9.95. The first-order valence-electron chi connectivity index (χ1n) is 6.49. The highest BCUT2D eigenvalue weighted by Gasteiger charge is 2.23. The molecular formula is C16H14N2O3. The molecule has 1 heterocycles. The second-order valence-electron chi connectivity index (χ2n) is 4.40. The van der Waals surface area contributed by atoms with E-state index < -0.39 is 11.5 Å². The van der Waals surface area contributed by atoms with E-state index in [1.54, 1.807) is 38.1 Å². The second kappa shape index (κ2) is 6.06. The molecule has 0 saturated carbocycles. The van der Waals surface area contributed by atoms with Crippen molar-refractivity contribution in [1.82, 2.24) is 4.98 Å². The van der Waals surface area contributed by atoms with Crippen LogP contribution in [0.4, 0.5) is 0 Å². The molecule has 0 saturated heterocycles. The number of esters is 1. The SMILES string of the molecule is CCOC(=O)c1c(C)[nH]c(=O)c(C#N)c1-c1ccccc1. The Hall–Kier alpha value is -2.87. The summed E-state index contributed by atoms with van der Waals surface area (Å²) in [7, 11) is 0. The van der Waals surface area contributed by atoms with Gasteiger partial charge in [0.15, 0.2) is 0 Å². The van der Waals surface area contributed by atoms with E-state index in [9.17, 15) is 14.9 Å². The molecule has 5 nitrogen and oxygen atoms in total. The zero-order chi connectivity index (χ0) is 15.4. The molecule has 2 rings (SSSR count). The van der Waals surface area contributed by atoms with E-state index in [-0.39, 0.29) is 17.7 Å². The third-order valence-electron chi connectivity index (χ3n) is 3.06. The Kier molecular flexibility index (Phi) is 4.19. The molecule has 0 aliphatic carbocycles. The first-order chi connectivity index (χ1) is 10.1. The van der Waals surface area contributed by atoms with E-state index in [2.05, 4.69) is 4.98 Å². The maximum Gasteiger partial charge on any atom is 0.340 e. The molecule has 0 atom stereocenters. The highest BCUT2D eigenvalue weighted by Crippen LogP contribution is 2.27. The number of aromatic nitrogens is 1. The van der Waals surface area contributed by atoms with Crippen LogP contribution in [0.25, 0.3) is 11.1 Å². The normalized spacial score (nSPS) is 9.95. The first-order valence-corrected chi connectivity index (χ1v) is 6.49. The van der Waals surface area contributed by atoms with Crippen molar-refractivity contribution < 1.29 is 9.53 Å². The molecule has 2 aromatic rings. The van der Waals surface area contributed by atoms with Crippen LogP contribution in [-0.4, -0.2) is 17.6 Å². The fourth-order valence-electron chi connectivity index (χ4n) is 2.18. The van der Waals surface area contributed by atoms with Gasteiger partial charge in [0.1, 0.15) is 11.6 Å². The van der Waals surface area contributed by atoms with Gasteiger partial charge in [-0.1, -0.05) is 30.3 Å². The fourth-order valence-corrected chi connectivity index (χ4v) is 2.18. The van der Waals surface area contributed by atoms with Crippen molar-refractivity contribution in [3.8, 4) is 17.2 Å². The third-order valence-corrected chi connectivity index (χ3v) is 3.06. The van der Waals surface area contributed by atoms with Gasteiger partial charge in [0.2, 0.25) is 0 Å². The van der Waals surface area contributed by atoms with Gasteiger partial charge in [-0.2, -0.15) is 5.26 Å².